The molecule has 0 radical (unpaired) electrons. The minimum Gasteiger partial charge on any atom is -0.507 e. The number of amides is 1. The lowest BCUT2D eigenvalue weighted by molar-refractivity contribution is -0.139. The number of hydrogen-bond donors (Lipinski definition) is 1. The first kappa shape index (κ1) is 22.3. The van der Waals surface area contributed by atoms with E-state index < -0.39 is 17.7 Å². The summed E-state index contributed by atoms with van der Waals surface area (Å²) >= 11 is 0. The fourth-order valence-corrected chi connectivity index (χ4v) is 3.93. The topological polar surface area (TPSA) is 97.6 Å². The second kappa shape index (κ2) is 10.1. The minimum absolute atomic E-state index is 0.0797. The van der Waals surface area contributed by atoms with E-state index in [0.717, 1.165) is 12.0 Å². The average molecular weight is 447 g/mol. The normalized spacial score (nSPS) is 17.5. The maximum atomic E-state index is 13.0. The zero-order valence-corrected chi connectivity index (χ0v) is 18.4. The number of hydrogen-bond acceptors (Lipinski definition) is 6. The molecule has 4 rings (SSSR count). The molecule has 1 atom stereocenters. The van der Waals surface area contributed by atoms with Crippen LogP contribution >= 0.6 is 0 Å². The molecular formula is C25H26N4O4. The molecule has 33 heavy (non-hydrogen) atoms. The Hall–Kier alpha value is -3.94. The number of carbonyl (C=O) groups is 2. The summed E-state index contributed by atoms with van der Waals surface area (Å²) in [5.74, 6) is -0.830. The van der Waals surface area contributed by atoms with Crippen molar-refractivity contribution >= 4 is 17.4 Å². The van der Waals surface area contributed by atoms with Gasteiger partial charge in [0.05, 0.1) is 24.5 Å². The van der Waals surface area contributed by atoms with Gasteiger partial charge in [-0.05, 0) is 54.8 Å². The third-order valence-corrected chi connectivity index (χ3v) is 5.54. The molecule has 170 valence electrons. The molecule has 1 amide bonds. The Morgan fingerprint density at radius 3 is 2.45 bits per heavy atom. The molecule has 8 nitrogen and oxygen atoms in total. The number of imidazole rings is 1. The van der Waals surface area contributed by atoms with Crippen LogP contribution in [0.25, 0.3) is 5.76 Å². The molecule has 1 N–H and O–H groups in total. The monoisotopic (exact) mass is 446 g/mol. The lowest BCUT2D eigenvalue weighted by Crippen LogP contribution is -2.31. The molecule has 0 bridgehead atoms. The number of carbonyl (C=O) groups excluding carboxylic acids is 2. The number of aromatic nitrogens is 3. The van der Waals surface area contributed by atoms with Gasteiger partial charge in [-0.3, -0.25) is 14.6 Å². The second-order valence-electron chi connectivity index (χ2n) is 7.80. The van der Waals surface area contributed by atoms with Crippen LogP contribution in [-0.4, -0.2) is 49.4 Å². The van der Waals surface area contributed by atoms with Gasteiger partial charge in [0.25, 0.3) is 11.7 Å². The maximum absolute atomic E-state index is 13.0. The highest BCUT2D eigenvalue weighted by Crippen LogP contribution is 2.39. The van der Waals surface area contributed by atoms with E-state index in [-0.39, 0.29) is 11.3 Å². The Bertz CT molecular complexity index is 1120. The Morgan fingerprint density at radius 1 is 1.03 bits per heavy atom. The van der Waals surface area contributed by atoms with Crippen LogP contribution in [0.4, 0.5) is 0 Å². The third kappa shape index (κ3) is 4.79. The van der Waals surface area contributed by atoms with E-state index in [1.807, 2.05) is 17.7 Å². The number of rotatable bonds is 9. The number of aryl methyl sites for hydroxylation is 1. The summed E-state index contributed by atoms with van der Waals surface area (Å²) in [6.45, 7) is 3.63. The Kier molecular flexibility index (Phi) is 6.83. The number of aliphatic hydroxyl groups excluding tert-OH is 1. The van der Waals surface area contributed by atoms with Crippen molar-refractivity contribution in [1.29, 1.82) is 0 Å². The molecule has 0 saturated carbocycles. The van der Waals surface area contributed by atoms with Crippen LogP contribution in [0.2, 0.25) is 0 Å². The van der Waals surface area contributed by atoms with Crippen LogP contribution in [-0.2, 0) is 16.1 Å². The van der Waals surface area contributed by atoms with Crippen molar-refractivity contribution in [3.05, 3.63) is 84.2 Å². The number of Topliss-reactive ketones (excluding diaryl/α,β-unsaturated/α-hetero) is 1. The molecule has 2 aromatic heterocycles. The molecular weight excluding hydrogens is 420 g/mol. The Morgan fingerprint density at radius 2 is 1.79 bits per heavy atom. The quantitative estimate of drug-likeness (QED) is 0.307. The second-order valence-corrected chi connectivity index (χ2v) is 7.80. The molecule has 1 aromatic carbocycles. The molecule has 0 aliphatic carbocycles. The summed E-state index contributed by atoms with van der Waals surface area (Å²) in [7, 11) is 0. The highest BCUT2D eigenvalue weighted by atomic mass is 16.5. The van der Waals surface area contributed by atoms with E-state index in [1.54, 1.807) is 61.3 Å². The zero-order chi connectivity index (χ0) is 23.2. The van der Waals surface area contributed by atoms with Crippen molar-refractivity contribution in [3.8, 4) is 5.75 Å². The zero-order valence-electron chi connectivity index (χ0n) is 18.4. The van der Waals surface area contributed by atoms with Crippen molar-refractivity contribution in [3.63, 3.8) is 0 Å². The van der Waals surface area contributed by atoms with Gasteiger partial charge in [0.1, 0.15) is 11.5 Å². The van der Waals surface area contributed by atoms with Gasteiger partial charge in [-0.25, -0.2) is 4.98 Å². The van der Waals surface area contributed by atoms with Crippen LogP contribution in [0.15, 0.2) is 73.1 Å². The summed E-state index contributed by atoms with van der Waals surface area (Å²) < 4.78 is 7.51. The van der Waals surface area contributed by atoms with Gasteiger partial charge in [-0.2, -0.15) is 0 Å². The van der Waals surface area contributed by atoms with Gasteiger partial charge in [-0.15, -0.1) is 0 Å². The summed E-state index contributed by atoms with van der Waals surface area (Å²) in [6, 6.07) is 9.70. The third-order valence-electron chi connectivity index (χ3n) is 5.54. The number of aliphatic hydroxyl groups is 1. The lowest BCUT2D eigenvalue weighted by atomic mass is 9.96. The highest BCUT2D eigenvalue weighted by molar-refractivity contribution is 6.46. The largest absolute Gasteiger partial charge is 0.507 e. The smallest absolute Gasteiger partial charge is 0.295 e. The first-order valence-corrected chi connectivity index (χ1v) is 11.0. The van der Waals surface area contributed by atoms with E-state index in [2.05, 4.69) is 9.97 Å². The van der Waals surface area contributed by atoms with Gasteiger partial charge in [0, 0.05) is 43.4 Å². The number of ether oxygens (including phenoxy) is 1. The van der Waals surface area contributed by atoms with Crippen LogP contribution in [0.1, 0.15) is 36.9 Å². The molecule has 1 unspecified atom stereocenters. The highest BCUT2D eigenvalue weighted by Gasteiger charge is 2.45. The molecule has 1 aliphatic heterocycles. The average Bonchev–Trinajstić information content (AvgIpc) is 3.45. The molecule has 0 spiro atoms. The first-order valence-electron chi connectivity index (χ1n) is 11.0. The van der Waals surface area contributed by atoms with Crippen molar-refractivity contribution in [1.82, 2.24) is 19.4 Å². The minimum atomic E-state index is -0.691. The SMILES string of the molecule is CCCOc1ccc(/C(O)=C2/C(=O)C(=O)N(CCCn3ccnc3)C2c2ccncc2)cc1. The Balaban J connectivity index is 1.66. The van der Waals surface area contributed by atoms with E-state index in [1.165, 1.54) is 4.90 Å². The number of nitrogens with zero attached hydrogens (tertiary/aromatic N) is 4. The summed E-state index contributed by atoms with van der Waals surface area (Å²) in [5.41, 5.74) is 1.25. The predicted molar refractivity (Wildman–Crippen MR) is 122 cm³/mol. The van der Waals surface area contributed by atoms with Crippen molar-refractivity contribution < 1.29 is 19.4 Å². The van der Waals surface area contributed by atoms with Crippen molar-refractivity contribution in [2.45, 2.75) is 32.4 Å². The standard InChI is InChI=1S/C25H26N4O4/c1-2-16-33-20-6-4-19(5-7-20)23(30)21-22(18-8-10-26-11-9-18)29(25(32)24(21)31)14-3-13-28-15-12-27-17-28/h4-12,15,17,22,30H,2-3,13-14,16H2,1H3/b23-21-. The van der Waals surface area contributed by atoms with Crippen LogP contribution in [0, 0.1) is 0 Å². The molecule has 3 aromatic rings. The van der Waals surface area contributed by atoms with Gasteiger partial charge < -0.3 is 19.3 Å². The van der Waals surface area contributed by atoms with E-state index in [9.17, 15) is 14.7 Å². The van der Waals surface area contributed by atoms with Crippen LogP contribution < -0.4 is 4.74 Å². The number of likely N-dealkylation sites (tertiary alicyclic amines) is 1. The van der Waals surface area contributed by atoms with Gasteiger partial charge in [0.15, 0.2) is 0 Å². The summed E-state index contributed by atoms with van der Waals surface area (Å²) in [5, 5.41) is 11.1. The summed E-state index contributed by atoms with van der Waals surface area (Å²) in [6.07, 6.45) is 10.0. The molecule has 1 fully saturated rings. The van der Waals surface area contributed by atoms with Crippen LogP contribution in [0.3, 0.4) is 0 Å². The van der Waals surface area contributed by atoms with Gasteiger partial charge >= 0.3 is 0 Å². The van der Waals surface area contributed by atoms with Gasteiger partial charge in [-0.1, -0.05) is 6.92 Å². The van der Waals surface area contributed by atoms with Crippen molar-refractivity contribution in [2.24, 2.45) is 0 Å². The van der Waals surface area contributed by atoms with E-state index >= 15 is 0 Å². The predicted octanol–water partition coefficient (Wildman–Crippen LogP) is 3.58. The molecule has 3 heterocycles. The lowest BCUT2D eigenvalue weighted by Gasteiger charge is -2.25. The van der Waals surface area contributed by atoms with Gasteiger partial charge in [0.2, 0.25) is 0 Å². The molecule has 8 heteroatoms. The van der Waals surface area contributed by atoms with Crippen LogP contribution in [0.5, 0.6) is 5.75 Å². The molecule has 1 aliphatic rings. The fourth-order valence-electron chi connectivity index (χ4n) is 3.93. The number of ketones is 1. The van der Waals surface area contributed by atoms with Crippen molar-refractivity contribution in [2.75, 3.05) is 13.2 Å². The first-order chi connectivity index (χ1) is 16.1. The van der Waals surface area contributed by atoms with E-state index in [4.69, 9.17) is 4.74 Å². The number of pyridine rings is 1. The Labute approximate surface area is 192 Å². The fraction of sp³-hybridized carbons (Fsp3) is 0.280. The molecule has 1 saturated heterocycles. The number of benzene rings is 1. The summed E-state index contributed by atoms with van der Waals surface area (Å²) in [4.78, 5) is 35.6. The van der Waals surface area contributed by atoms with E-state index in [0.29, 0.717) is 37.4 Å². The maximum Gasteiger partial charge on any atom is 0.295 e.